The van der Waals surface area contributed by atoms with Crippen LogP contribution in [0.3, 0.4) is 0 Å². The molecule has 9 aromatic rings. The first-order chi connectivity index (χ1) is 24.6. The van der Waals surface area contributed by atoms with Gasteiger partial charge in [0.05, 0.1) is 22.5 Å². The van der Waals surface area contributed by atoms with E-state index in [1.165, 1.54) is 0 Å². The van der Waals surface area contributed by atoms with Crippen LogP contribution in [0.15, 0.2) is 155 Å². The SMILES string of the molecule is Oc1ccccc1-c1nc2c(-c3cccc(-c4cc(-c5cccc(-c6cccc7oc(-c8ccccc8O)nc67)c5)ncn4)c3)cccc2o1. The van der Waals surface area contributed by atoms with Gasteiger partial charge in [-0.25, -0.2) is 19.9 Å². The molecular formula is C42H26N4O4. The lowest BCUT2D eigenvalue weighted by Crippen LogP contribution is -1.91. The van der Waals surface area contributed by atoms with E-state index >= 15 is 0 Å². The summed E-state index contributed by atoms with van der Waals surface area (Å²) in [6, 6.07) is 43.9. The second-order valence-corrected chi connectivity index (χ2v) is 11.8. The first-order valence-corrected chi connectivity index (χ1v) is 16.0. The van der Waals surface area contributed by atoms with Crippen LogP contribution in [-0.2, 0) is 0 Å². The van der Waals surface area contributed by atoms with Crippen molar-refractivity contribution in [3.8, 4) is 79.2 Å². The van der Waals surface area contributed by atoms with Crippen molar-refractivity contribution in [1.29, 1.82) is 0 Å². The predicted octanol–water partition coefficient (Wildman–Crippen LogP) is 10.2. The summed E-state index contributed by atoms with van der Waals surface area (Å²) in [5, 5.41) is 20.8. The van der Waals surface area contributed by atoms with Gasteiger partial charge in [-0.3, -0.25) is 0 Å². The number of fused-ring (bicyclic) bond motifs is 2. The summed E-state index contributed by atoms with van der Waals surface area (Å²) in [7, 11) is 0. The van der Waals surface area contributed by atoms with Gasteiger partial charge >= 0.3 is 0 Å². The number of aromatic hydroxyl groups is 2. The molecule has 3 heterocycles. The molecule has 0 unspecified atom stereocenters. The molecule has 0 atom stereocenters. The first-order valence-electron chi connectivity index (χ1n) is 16.0. The van der Waals surface area contributed by atoms with E-state index in [-0.39, 0.29) is 11.5 Å². The molecule has 0 bridgehead atoms. The lowest BCUT2D eigenvalue weighted by Gasteiger charge is -2.09. The highest BCUT2D eigenvalue weighted by molar-refractivity contribution is 5.94. The lowest BCUT2D eigenvalue weighted by atomic mass is 9.98. The third-order valence-electron chi connectivity index (χ3n) is 8.71. The average Bonchev–Trinajstić information content (AvgIpc) is 3.80. The Balaban J connectivity index is 1.06. The number of phenols is 2. The number of phenolic OH excluding ortho intramolecular Hbond substituents is 2. The summed E-state index contributed by atoms with van der Waals surface area (Å²) >= 11 is 0. The van der Waals surface area contributed by atoms with Crippen LogP contribution in [0.5, 0.6) is 11.5 Å². The molecule has 0 radical (unpaired) electrons. The highest BCUT2D eigenvalue weighted by atomic mass is 16.4. The van der Waals surface area contributed by atoms with Crippen molar-refractivity contribution in [1.82, 2.24) is 19.9 Å². The smallest absolute Gasteiger partial charge is 0.231 e. The normalized spacial score (nSPS) is 11.4. The topological polar surface area (TPSA) is 118 Å². The van der Waals surface area contributed by atoms with Gasteiger partial charge in [-0.15, -0.1) is 0 Å². The van der Waals surface area contributed by atoms with Gasteiger partial charge in [0.2, 0.25) is 11.8 Å². The van der Waals surface area contributed by atoms with Crippen molar-refractivity contribution in [2.45, 2.75) is 0 Å². The second kappa shape index (κ2) is 11.9. The average molecular weight is 651 g/mol. The van der Waals surface area contributed by atoms with Gasteiger partial charge < -0.3 is 19.0 Å². The van der Waals surface area contributed by atoms with Crippen LogP contribution in [-0.4, -0.2) is 30.1 Å². The molecule has 0 fully saturated rings. The summed E-state index contributed by atoms with van der Waals surface area (Å²) in [4.78, 5) is 18.8. The highest BCUT2D eigenvalue weighted by Gasteiger charge is 2.17. The van der Waals surface area contributed by atoms with Crippen LogP contribution in [0.4, 0.5) is 0 Å². The van der Waals surface area contributed by atoms with Crippen molar-refractivity contribution in [3.63, 3.8) is 0 Å². The predicted molar refractivity (Wildman–Crippen MR) is 193 cm³/mol. The fraction of sp³-hybridized carbons (Fsp3) is 0. The Morgan fingerprint density at radius 1 is 0.400 bits per heavy atom. The van der Waals surface area contributed by atoms with Gasteiger partial charge in [0.1, 0.15) is 28.9 Å². The van der Waals surface area contributed by atoms with Gasteiger partial charge in [0.15, 0.2) is 11.2 Å². The van der Waals surface area contributed by atoms with Crippen LogP contribution in [0, 0.1) is 0 Å². The molecule has 0 aliphatic carbocycles. The van der Waals surface area contributed by atoms with Crippen LogP contribution in [0.25, 0.3) is 89.9 Å². The van der Waals surface area contributed by atoms with E-state index in [0.717, 1.165) is 44.8 Å². The maximum atomic E-state index is 10.4. The Labute approximate surface area is 285 Å². The number of hydrogen-bond donors (Lipinski definition) is 2. The van der Waals surface area contributed by atoms with E-state index in [4.69, 9.17) is 18.8 Å². The summed E-state index contributed by atoms with van der Waals surface area (Å²) in [6.07, 6.45) is 1.58. The first kappa shape index (κ1) is 29.1. The molecule has 8 nitrogen and oxygen atoms in total. The third-order valence-corrected chi connectivity index (χ3v) is 8.71. The quantitative estimate of drug-likeness (QED) is 0.183. The minimum atomic E-state index is 0.112. The Bertz CT molecular complexity index is 2530. The van der Waals surface area contributed by atoms with Crippen LogP contribution >= 0.6 is 0 Å². The maximum absolute atomic E-state index is 10.4. The number of hydrogen-bond acceptors (Lipinski definition) is 8. The number of benzene rings is 6. The molecule has 3 aromatic heterocycles. The van der Waals surface area contributed by atoms with Crippen molar-refractivity contribution >= 4 is 22.2 Å². The van der Waals surface area contributed by atoms with Gasteiger partial charge in [-0.1, -0.05) is 84.9 Å². The number of para-hydroxylation sites is 4. The van der Waals surface area contributed by atoms with E-state index in [1.54, 1.807) is 42.7 Å². The number of nitrogens with zero attached hydrogens (tertiary/aromatic N) is 4. The number of aromatic nitrogens is 4. The molecule has 0 saturated carbocycles. The number of rotatable bonds is 6. The highest BCUT2D eigenvalue weighted by Crippen LogP contribution is 2.38. The van der Waals surface area contributed by atoms with Gasteiger partial charge in [-0.05, 0) is 65.7 Å². The van der Waals surface area contributed by atoms with E-state index in [9.17, 15) is 10.2 Å². The van der Waals surface area contributed by atoms with Crippen molar-refractivity contribution in [3.05, 3.63) is 146 Å². The molecule has 50 heavy (non-hydrogen) atoms. The lowest BCUT2D eigenvalue weighted by molar-refractivity contribution is 0.473. The monoisotopic (exact) mass is 650 g/mol. The molecule has 0 saturated heterocycles. The molecule has 0 amide bonds. The Hall–Kier alpha value is -7.06. The van der Waals surface area contributed by atoms with Crippen molar-refractivity contribution in [2.24, 2.45) is 0 Å². The second-order valence-electron chi connectivity index (χ2n) is 11.8. The summed E-state index contributed by atoms with van der Waals surface area (Å²) in [6.45, 7) is 0. The summed E-state index contributed by atoms with van der Waals surface area (Å²) in [5.41, 5.74) is 10.9. The minimum absolute atomic E-state index is 0.112. The number of oxazole rings is 2. The van der Waals surface area contributed by atoms with E-state index in [1.807, 2.05) is 91.0 Å². The molecule has 8 heteroatoms. The zero-order chi connectivity index (χ0) is 33.6. The van der Waals surface area contributed by atoms with E-state index < -0.39 is 0 Å². The molecule has 238 valence electrons. The van der Waals surface area contributed by atoms with E-state index in [2.05, 4.69) is 22.1 Å². The van der Waals surface area contributed by atoms with Gasteiger partial charge in [-0.2, -0.15) is 0 Å². The molecule has 0 spiro atoms. The molecule has 0 aliphatic heterocycles. The Morgan fingerprint density at radius 3 is 1.30 bits per heavy atom. The molecular weight excluding hydrogens is 624 g/mol. The Morgan fingerprint density at radius 2 is 0.820 bits per heavy atom. The van der Waals surface area contributed by atoms with Crippen LogP contribution in [0.1, 0.15) is 0 Å². The Kier molecular flexibility index (Phi) is 6.91. The minimum Gasteiger partial charge on any atom is -0.507 e. The fourth-order valence-corrected chi connectivity index (χ4v) is 6.27. The molecule has 2 N–H and O–H groups in total. The zero-order valence-electron chi connectivity index (χ0n) is 26.4. The molecule has 9 rings (SSSR count). The van der Waals surface area contributed by atoms with Crippen molar-refractivity contribution in [2.75, 3.05) is 0 Å². The molecule has 0 aliphatic rings. The van der Waals surface area contributed by atoms with Gasteiger partial charge in [0.25, 0.3) is 0 Å². The largest absolute Gasteiger partial charge is 0.507 e. The third kappa shape index (κ3) is 5.12. The molecule has 6 aromatic carbocycles. The van der Waals surface area contributed by atoms with Crippen LogP contribution < -0.4 is 0 Å². The summed E-state index contributed by atoms with van der Waals surface area (Å²) < 4.78 is 12.1. The summed E-state index contributed by atoms with van der Waals surface area (Å²) in [5.74, 6) is 0.947. The van der Waals surface area contributed by atoms with Gasteiger partial charge in [0, 0.05) is 22.3 Å². The fourth-order valence-electron chi connectivity index (χ4n) is 6.27. The van der Waals surface area contributed by atoms with Crippen LogP contribution in [0.2, 0.25) is 0 Å². The standard InChI is InChI=1S/C42H26N4O4/c47-35-17-3-1-13-31(35)41-45-39-29(15-7-19-37(39)49-41)25-9-5-11-27(21-25)33-23-34(44-24-43-33)28-12-6-10-26(22-28)30-16-8-20-38-40(30)46-42(50-38)32-14-2-4-18-36(32)48/h1-24,47-48H. The maximum Gasteiger partial charge on any atom is 0.231 e. The zero-order valence-corrected chi connectivity index (χ0v) is 26.4. The van der Waals surface area contributed by atoms with E-state index in [0.29, 0.717) is 45.1 Å². The van der Waals surface area contributed by atoms with Crippen molar-refractivity contribution < 1.29 is 19.0 Å².